The van der Waals surface area contributed by atoms with E-state index in [1.165, 1.54) is 17.5 Å². The number of aryl methyl sites for hydroxylation is 2. The molecular weight excluding hydrogens is 374 g/mol. The molecule has 1 atom stereocenters. The summed E-state index contributed by atoms with van der Waals surface area (Å²) in [7, 11) is 0. The Morgan fingerprint density at radius 3 is 2.30 bits per heavy atom. The van der Waals surface area contributed by atoms with Crippen molar-refractivity contribution in [3.8, 4) is 0 Å². The van der Waals surface area contributed by atoms with Crippen molar-refractivity contribution in [1.29, 1.82) is 0 Å². The predicted molar refractivity (Wildman–Crippen MR) is 116 cm³/mol. The van der Waals surface area contributed by atoms with Crippen molar-refractivity contribution in [2.45, 2.75) is 63.5 Å². The topological polar surface area (TPSA) is 57.6 Å². The molecule has 154 valence electrons. The summed E-state index contributed by atoms with van der Waals surface area (Å²) in [6.45, 7) is 0. The number of aliphatic hydroxyl groups is 1. The lowest BCUT2D eigenvalue weighted by molar-refractivity contribution is -0.141. The Morgan fingerprint density at radius 2 is 1.57 bits per heavy atom. The maximum absolute atomic E-state index is 13.2. The van der Waals surface area contributed by atoms with Crippen molar-refractivity contribution >= 4 is 17.4 Å². The number of likely N-dealkylation sites (tertiary alicyclic amines) is 1. The van der Waals surface area contributed by atoms with Crippen molar-refractivity contribution in [1.82, 2.24) is 4.90 Å². The minimum Gasteiger partial charge on any atom is -0.507 e. The largest absolute Gasteiger partial charge is 0.507 e. The van der Waals surface area contributed by atoms with Gasteiger partial charge in [0.15, 0.2) is 0 Å². The first-order valence-corrected chi connectivity index (χ1v) is 11.1. The third kappa shape index (κ3) is 3.15. The van der Waals surface area contributed by atoms with Crippen LogP contribution in [0.2, 0.25) is 0 Å². The Bertz CT molecular complexity index is 1020. The van der Waals surface area contributed by atoms with Crippen molar-refractivity contribution in [3.63, 3.8) is 0 Å². The zero-order valence-corrected chi connectivity index (χ0v) is 17.1. The lowest BCUT2D eigenvalue weighted by Crippen LogP contribution is -2.37. The molecule has 4 heteroatoms. The molecule has 1 saturated carbocycles. The summed E-state index contributed by atoms with van der Waals surface area (Å²) >= 11 is 0. The molecule has 2 aromatic rings. The summed E-state index contributed by atoms with van der Waals surface area (Å²) in [5, 5.41) is 11.3. The first kappa shape index (κ1) is 19.1. The van der Waals surface area contributed by atoms with Crippen molar-refractivity contribution < 1.29 is 14.7 Å². The highest BCUT2D eigenvalue weighted by molar-refractivity contribution is 6.46. The van der Waals surface area contributed by atoms with E-state index in [0.29, 0.717) is 5.56 Å². The van der Waals surface area contributed by atoms with Crippen LogP contribution in [0.25, 0.3) is 5.76 Å². The lowest BCUT2D eigenvalue weighted by Gasteiger charge is -2.30. The van der Waals surface area contributed by atoms with Gasteiger partial charge in [-0.1, -0.05) is 55.3 Å². The van der Waals surface area contributed by atoms with Crippen LogP contribution in [0.4, 0.5) is 0 Å². The monoisotopic (exact) mass is 401 g/mol. The van der Waals surface area contributed by atoms with Crippen molar-refractivity contribution in [2.75, 3.05) is 0 Å². The van der Waals surface area contributed by atoms with Crippen LogP contribution >= 0.6 is 0 Å². The summed E-state index contributed by atoms with van der Waals surface area (Å²) < 4.78 is 0. The van der Waals surface area contributed by atoms with Gasteiger partial charge in [-0.3, -0.25) is 9.59 Å². The van der Waals surface area contributed by atoms with Gasteiger partial charge in [0.1, 0.15) is 5.76 Å². The van der Waals surface area contributed by atoms with Crippen LogP contribution < -0.4 is 0 Å². The van der Waals surface area contributed by atoms with Crippen LogP contribution in [0.5, 0.6) is 0 Å². The first-order valence-electron chi connectivity index (χ1n) is 11.1. The number of aliphatic hydroxyl groups excluding tert-OH is 1. The number of fused-ring (bicyclic) bond motifs is 1. The SMILES string of the molecule is O=C1C(=O)N(C2CCCC2)C(c2ccccc2)/C1=C(/O)c1ccc2c(c1)CCCC2. The van der Waals surface area contributed by atoms with E-state index in [1.807, 2.05) is 42.5 Å². The number of Topliss-reactive ketones (excluding diaryl/α,β-unsaturated/α-hetero) is 1. The molecule has 2 aromatic carbocycles. The van der Waals surface area contributed by atoms with Gasteiger partial charge in [0.05, 0.1) is 11.6 Å². The summed E-state index contributed by atoms with van der Waals surface area (Å²) in [6.07, 6.45) is 8.36. The number of carbonyl (C=O) groups excluding carboxylic acids is 2. The summed E-state index contributed by atoms with van der Waals surface area (Å²) in [4.78, 5) is 28.0. The van der Waals surface area contributed by atoms with Gasteiger partial charge in [0.2, 0.25) is 0 Å². The van der Waals surface area contributed by atoms with E-state index >= 15 is 0 Å². The molecule has 5 rings (SSSR count). The van der Waals surface area contributed by atoms with Gasteiger partial charge < -0.3 is 10.0 Å². The molecule has 0 spiro atoms. The fourth-order valence-electron chi connectivity index (χ4n) is 5.41. The number of benzene rings is 2. The van der Waals surface area contributed by atoms with E-state index in [4.69, 9.17) is 0 Å². The highest BCUT2D eigenvalue weighted by atomic mass is 16.3. The quantitative estimate of drug-likeness (QED) is 0.451. The molecular formula is C26H27NO3. The Labute approximate surface area is 177 Å². The average molecular weight is 402 g/mol. The van der Waals surface area contributed by atoms with Crippen LogP contribution in [0.15, 0.2) is 54.1 Å². The molecule has 0 bridgehead atoms. The Kier molecular flexibility index (Phi) is 4.93. The zero-order valence-electron chi connectivity index (χ0n) is 17.1. The molecule has 3 aliphatic rings. The molecule has 1 aliphatic heterocycles. The van der Waals surface area contributed by atoms with Crippen LogP contribution in [-0.2, 0) is 22.4 Å². The van der Waals surface area contributed by atoms with E-state index in [2.05, 4.69) is 6.07 Å². The van der Waals surface area contributed by atoms with E-state index in [1.54, 1.807) is 4.90 Å². The molecule has 1 heterocycles. The molecule has 1 amide bonds. The maximum Gasteiger partial charge on any atom is 0.295 e. The van der Waals surface area contributed by atoms with Gasteiger partial charge >= 0.3 is 0 Å². The molecule has 4 nitrogen and oxygen atoms in total. The number of hydrogen-bond donors (Lipinski definition) is 1. The predicted octanol–water partition coefficient (Wildman–Crippen LogP) is 4.93. The molecule has 2 fully saturated rings. The standard InChI is InChI=1S/C26H27NO3/c28-24(20-15-14-17-8-4-5-11-19(17)16-20)22-23(18-9-2-1-3-10-18)27(26(30)25(22)29)21-12-6-7-13-21/h1-3,9-10,14-16,21,23,28H,4-8,11-13H2/b24-22-. The Morgan fingerprint density at radius 1 is 0.867 bits per heavy atom. The summed E-state index contributed by atoms with van der Waals surface area (Å²) in [6, 6.07) is 15.1. The number of rotatable bonds is 3. The van der Waals surface area contributed by atoms with Crippen LogP contribution in [0.3, 0.4) is 0 Å². The summed E-state index contributed by atoms with van der Waals surface area (Å²) in [5.41, 5.74) is 4.31. The van der Waals surface area contributed by atoms with Gasteiger partial charge in [0.25, 0.3) is 11.7 Å². The minimum atomic E-state index is -0.564. The highest BCUT2D eigenvalue weighted by Crippen LogP contribution is 2.43. The van der Waals surface area contributed by atoms with Gasteiger partial charge in [-0.05, 0) is 61.3 Å². The van der Waals surface area contributed by atoms with E-state index in [0.717, 1.165) is 50.5 Å². The lowest BCUT2D eigenvalue weighted by atomic mass is 9.88. The number of nitrogens with zero attached hydrogens (tertiary/aromatic N) is 1. The second-order valence-corrected chi connectivity index (χ2v) is 8.75. The molecule has 1 N–H and O–H groups in total. The molecule has 1 unspecified atom stereocenters. The van der Waals surface area contributed by atoms with Crippen LogP contribution in [-0.4, -0.2) is 27.7 Å². The second-order valence-electron chi connectivity index (χ2n) is 8.75. The number of amides is 1. The van der Waals surface area contributed by atoms with E-state index in [-0.39, 0.29) is 17.4 Å². The zero-order chi connectivity index (χ0) is 20.7. The Balaban J connectivity index is 1.64. The summed E-state index contributed by atoms with van der Waals surface area (Å²) in [5.74, 6) is -1.09. The maximum atomic E-state index is 13.2. The fourth-order valence-corrected chi connectivity index (χ4v) is 5.41. The normalized spacial score (nSPS) is 23.7. The first-order chi connectivity index (χ1) is 14.6. The molecule has 0 aromatic heterocycles. The van der Waals surface area contributed by atoms with Crippen molar-refractivity contribution in [3.05, 3.63) is 76.4 Å². The molecule has 0 radical (unpaired) electrons. The smallest absolute Gasteiger partial charge is 0.295 e. The van der Waals surface area contributed by atoms with Gasteiger partial charge in [-0.15, -0.1) is 0 Å². The molecule has 30 heavy (non-hydrogen) atoms. The van der Waals surface area contributed by atoms with Gasteiger partial charge in [0, 0.05) is 11.6 Å². The fraction of sp³-hybridized carbons (Fsp3) is 0.385. The Hall–Kier alpha value is -2.88. The molecule has 1 saturated heterocycles. The number of carbonyl (C=O) groups is 2. The average Bonchev–Trinajstić information content (AvgIpc) is 3.40. The second kappa shape index (κ2) is 7.75. The van der Waals surface area contributed by atoms with E-state index < -0.39 is 17.7 Å². The van der Waals surface area contributed by atoms with E-state index in [9.17, 15) is 14.7 Å². The van der Waals surface area contributed by atoms with Gasteiger partial charge in [-0.25, -0.2) is 0 Å². The third-order valence-electron chi connectivity index (χ3n) is 6.94. The third-order valence-corrected chi connectivity index (χ3v) is 6.94. The highest BCUT2D eigenvalue weighted by Gasteiger charge is 2.49. The van der Waals surface area contributed by atoms with Crippen LogP contribution in [0.1, 0.15) is 66.8 Å². The van der Waals surface area contributed by atoms with Crippen LogP contribution in [0, 0.1) is 0 Å². The minimum absolute atomic E-state index is 0.0453. The molecule has 2 aliphatic carbocycles. The number of ketones is 1. The number of hydrogen-bond acceptors (Lipinski definition) is 3. The van der Waals surface area contributed by atoms with Crippen molar-refractivity contribution in [2.24, 2.45) is 0 Å². The van der Waals surface area contributed by atoms with Gasteiger partial charge in [-0.2, -0.15) is 0 Å².